The molecule has 9 heteroatoms. The maximum Gasteiger partial charge on any atom is 0.237 e. The van der Waals surface area contributed by atoms with Crippen molar-refractivity contribution in [1.82, 2.24) is 14.8 Å². The number of nitrogens with one attached hydrogen (secondary N) is 1. The molecule has 1 aliphatic heterocycles. The summed E-state index contributed by atoms with van der Waals surface area (Å²) in [4.78, 5) is 14.8. The molecule has 1 amide bonds. The lowest BCUT2D eigenvalue weighted by Crippen LogP contribution is -2.24. The van der Waals surface area contributed by atoms with Crippen molar-refractivity contribution >= 4 is 29.3 Å². The van der Waals surface area contributed by atoms with E-state index in [-0.39, 0.29) is 11.6 Å². The predicted octanol–water partition coefficient (Wildman–Crippen LogP) is 4.57. The summed E-state index contributed by atoms with van der Waals surface area (Å²) in [5.41, 5.74) is 2.27. The molecule has 162 valence electrons. The number of aryl methyl sites for hydroxylation is 1. The third-order valence-electron chi connectivity index (χ3n) is 5.14. The molecule has 0 saturated carbocycles. The summed E-state index contributed by atoms with van der Waals surface area (Å²) in [7, 11) is 0. The van der Waals surface area contributed by atoms with Gasteiger partial charge in [-0.05, 0) is 51.0 Å². The molecule has 1 fully saturated rings. The topological polar surface area (TPSA) is 63.1 Å². The highest BCUT2D eigenvalue weighted by Crippen LogP contribution is 2.31. The van der Waals surface area contributed by atoms with E-state index in [1.165, 1.54) is 17.8 Å². The van der Waals surface area contributed by atoms with Gasteiger partial charge in [-0.15, -0.1) is 10.2 Å². The van der Waals surface area contributed by atoms with Crippen LogP contribution in [0.3, 0.4) is 0 Å². The summed E-state index contributed by atoms with van der Waals surface area (Å²) < 4.78 is 28.5. The molecule has 2 aromatic carbocycles. The van der Waals surface area contributed by atoms with E-state index in [2.05, 4.69) is 20.4 Å². The van der Waals surface area contributed by atoms with Crippen LogP contribution in [0.25, 0.3) is 5.69 Å². The minimum absolute atomic E-state index is 0.203. The van der Waals surface area contributed by atoms with Gasteiger partial charge < -0.3 is 10.2 Å². The first-order valence-corrected chi connectivity index (χ1v) is 11.0. The molecule has 1 saturated heterocycles. The Bertz CT molecular complexity index is 1080. The van der Waals surface area contributed by atoms with Crippen LogP contribution in [0.5, 0.6) is 0 Å². The number of thioether (sulfide) groups is 1. The van der Waals surface area contributed by atoms with E-state index in [0.29, 0.717) is 5.16 Å². The molecule has 0 bridgehead atoms. The number of amides is 1. The van der Waals surface area contributed by atoms with Crippen molar-refractivity contribution < 1.29 is 13.6 Å². The van der Waals surface area contributed by atoms with E-state index in [4.69, 9.17) is 0 Å². The van der Waals surface area contributed by atoms with E-state index in [1.807, 2.05) is 35.8 Å². The Labute approximate surface area is 183 Å². The maximum atomic E-state index is 13.4. The number of carbonyl (C=O) groups is 1. The van der Waals surface area contributed by atoms with Crippen molar-refractivity contribution in [1.29, 1.82) is 0 Å². The molecule has 1 N–H and O–H groups in total. The smallest absolute Gasteiger partial charge is 0.237 e. The summed E-state index contributed by atoms with van der Waals surface area (Å²) in [5.74, 6) is -1.54. The van der Waals surface area contributed by atoms with Gasteiger partial charge in [0.05, 0.1) is 10.9 Å². The molecule has 0 radical (unpaired) electrons. The number of benzene rings is 2. The summed E-state index contributed by atoms with van der Waals surface area (Å²) in [6.07, 6.45) is 2.21. The van der Waals surface area contributed by atoms with Gasteiger partial charge in [0, 0.05) is 24.8 Å². The molecule has 6 nitrogen and oxygen atoms in total. The number of rotatable bonds is 6. The number of anilines is 2. The van der Waals surface area contributed by atoms with E-state index in [1.54, 1.807) is 6.92 Å². The van der Waals surface area contributed by atoms with Crippen LogP contribution in [0.1, 0.15) is 25.3 Å². The number of halogens is 2. The second-order valence-corrected chi connectivity index (χ2v) is 8.83. The van der Waals surface area contributed by atoms with Crippen LogP contribution >= 0.6 is 11.8 Å². The highest BCUT2D eigenvalue weighted by Gasteiger charge is 2.25. The van der Waals surface area contributed by atoms with E-state index >= 15 is 0 Å². The summed E-state index contributed by atoms with van der Waals surface area (Å²) >= 11 is 1.27. The number of hydrogen-bond acceptors (Lipinski definition) is 5. The fraction of sp³-hybridized carbons (Fsp3) is 0.318. The van der Waals surface area contributed by atoms with Crippen molar-refractivity contribution in [3.05, 3.63) is 59.7 Å². The number of carbonyl (C=O) groups excluding carboxylic acids is 1. The fourth-order valence-corrected chi connectivity index (χ4v) is 4.27. The Kier molecular flexibility index (Phi) is 6.22. The van der Waals surface area contributed by atoms with E-state index in [9.17, 15) is 13.6 Å². The lowest BCUT2D eigenvalue weighted by atomic mass is 10.2. The van der Waals surface area contributed by atoms with Gasteiger partial charge in [-0.25, -0.2) is 8.78 Å². The Morgan fingerprint density at radius 1 is 1.06 bits per heavy atom. The molecular formula is C22H23F2N5OS. The first-order chi connectivity index (χ1) is 14.9. The van der Waals surface area contributed by atoms with Crippen LogP contribution in [0, 0.1) is 18.6 Å². The summed E-state index contributed by atoms with van der Waals surface area (Å²) in [6, 6.07) is 11.3. The lowest BCUT2D eigenvalue weighted by Gasteiger charge is -2.19. The summed E-state index contributed by atoms with van der Waals surface area (Å²) in [5, 5.41) is 11.5. The Morgan fingerprint density at radius 2 is 1.77 bits per heavy atom. The van der Waals surface area contributed by atoms with Crippen LogP contribution in [0.2, 0.25) is 0 Å². The van der Waals surface area contributed by atoms with Gasteiger partial charge in [-0.3, -0.25) is 9.36 Å². The zero-order chi connectivity index (χ0) is 22.0. The van der Waals surface area contributed by atoms with Crippen molar-refractivity contribution in [2.45, 2.75) is 37.1 Å². The van der Waals surface area contributed by atoms with Gasteiger partial charge in [-0.2, -0.15) is 0 Å². The third kappa shape index (κ3) is 4.71. The monoisotopic (exact) mass is 443 g/mol. The Balaban J connectivity index is 1.57. The standard InChI is InChI=1S/C22H23F2N5OS/c1-14-5-8-17(9-6-14)29-21(28-11-3-4-12-28)26-27-22(29)31-15(2)20(30)25-16-7-10-18(23)19(24)13-16/h5-10,13,15H,3-4,11-12H2,1-2H3,(H,25,30). The summed E-state index contributed by atoms with van der Waals surface area (Å²) in [6.45, 7) is 5.60. The number of nitrogens with zero attached hydrogens (tertiary/aromatic N) is 4. The minimum Gasteiger partial charge on any atom is -0.341 e. The maximum absolute atomic E-state index is 13.4. The Hall–Kier alpha value is -2.94. The highest BCUT2D eigenvalue weighted by atomic mass is 32.2. The minimum atomic E-state index is -1.01. The SMILES string of the molecule is Cc1ccc(-n2c(SC(C)C(=O)Nc3ccc(F)c(F)c3)nnc2N2CCCC2)cc1. The quantitative estimate of drug-likeness (QED) is 0.566. The molecule has 3 aromatic rings. The molecule has 1 atom stereocenters. The van der Waals surface area contributed by atoms with Crippen LogP contribution in [0.15, 0.2) is 47.6 Å². The number of aromatic nitrogens is 3. The average Bonchev–Trinajstić information content (AvgIpc) is 3.41. The van der Waals surface area contributed by atoms with Crippen LogP contribution in [-0.4, -0.2) is 39.0 Å². The predicted molar refractivity (Wildman–Crippen MR) is 118 cm³/mol. The molecule has 1 aliphatic rings. The third-order valence-corrected chi connectivity index (χ3v) is 6.18. The van der Waals surface area contributed by atoms with Crippen LogP contribution in [-0.2, 0) is 4.79 Å². The lowest BCUT2D eigenvalue weighted by molar-refractivity contribution is -0.115. The van der Waals surface area contributed by atoms with Gasteiger partial charge in [0.1, 0.15) is 0 Å². The van der Waals surface area contributed by atoms with Gasteiger partial charge in [0.2, 0.25) is 11.9 Å². The zero-order valence-electron chi connectivity index (χ0n) is 17.3. The van der Waals surface area contributed by atoms with E-state index < -0.39 is 16.9 Å². The molecule has 4 rings (SSSR count). The largest absolute Gasteiger partial charge is 0.341 e. The van der Waals surface area contributed by atoms with Crippen molar-refractivity contribution in [2.75, 3.05) is 23.3 Å². The van der Waals surface area contributed by atoms with Gasteiger partial charge in [0.25, 0.3) is 0 Å². The van der Waals surface area contributed by atoms with Gasteiger partial charge in [-0.1, -0.05) is 29.5 Å². The average molecular weight is 444 g/mol. The molecular weight excluding hydrogens is 420 g/mol. The molecule has 1 unspecified atom stereocenters. The van der Waals surface area contributed by atoms with Crippen molar-refractivity contribution in [2.24, 2.45) is 0 Å². The molecule has 2 heterocycles. The second-order valence-electron chi connectivity index (χ2n) is 7.53. The van der Waals surface area contributed by atoms with Crippen LogP contribution < -0.4 is 10.2 Å². The van der Waals surface area contributed by atoms with Gasteiger partial charge >= 0.3 is 0 Å². The number of hydrogen-bond donors (Lipinski definition) is 1. The second kappa shape index (κ2) is 9.05. The fourth-order valence-electron chi connectivity index (χ4n) is 3.41. The highest BCUT2D eigenvalue weighted by molar-refractivity contribution is 8.00. The van der Waals surface area contributed by atoms with Crippen LogP contribution in [0.4, 0.5) is 20.4 Å². The van der Waals surface area contributed by atoms with E-state index in [0.717, 1.165) is 55.3 Å². The molecule has 31 heavy (non-hydrogen) atoms. The van der Waals surface area contributed by atoms with Crippen molar-refractivity contribution in [3.63, 3.8) is 0 Å². The molecule has 0 aliphatic carbocycles. The Morgan fingerprint density at radius 3 is 2.45 bits per heavy atom. The first kappa shape index (κ1) is 21.3. The first-order valence-electron chi connectivity index (χ1n) is 10.1. The normalized spacial score (nSPS) is 14.6. The zero-order valence-corrected chi connectivity index (χ0v) is 18.1. The van der Waals surface area contributed by atoms with Crippen molar-refractivity contribution in [3.8, 4) is 5.69 Å². The molecule has 1 aromatic heterocycles. The molecule has 0 spiro atoms. The van der Waals surface area contributed by atoms with Gasteiger partial charge in [0.15, 0.2) is 16.8 Å².